The molecule has 0 spiro atoms. The highest BCUT2D eigenvalue weighted by Crippen LogP contribution is 2.43. The second kappa shape index (κ2) is 6.78. The number of aromatic nitrogens is 1. The zero-order valence-corrected chi connectivity index (χ0v) is 16.6. The van der Waals surface area contributed by atoms with Crippen molar-refractivity contribution < 1.29 is 19.4 Å². The molecular formula is C22H26N2O4. The van der Waals surface area contributed by atoms with Crippen LogP contribution in [0.1, 0.15) is 33.7 Å². The average Bonchev–Trinajstić information content (AvgIpc) is 3.22. The molecule has 2 fully saturated rings. The molecule has 6 nitrogen and oxygen atoms in total. The molecule has 1 aromatic heterocycles. The van der Waals surface area contributed by atoms with Crippen molar-refractivity contribution in [2.24, 2.45) is 11.3 Å². The number of carbonyl (C=O) groups is 2. The van der Waals surface area contributed by atoms with Gasteiger partial charge in [0.15, 0.2) is 0 Å². The first-order valence-corrected chi connectivity index (χ1v) is 9.70. The van der Waals surface area contributed by atoms with Crippen molar-refractivity contribution >= 4 is 11.9 Å². The van der Waals surface area contributed by atoms with Crippen LogP contribution in [-0.2, 0) is 9.53 Å². The molecule has 2 atom stereocenters. The maximum Gasteiger partial charge on any atom is 0.311 e. The van der Waals surface area contributed by atoms with E-state index in [1.54, 1.807) is 4.90 Å². The minimum atomic E-state index is -0.892. The van der Waals surface area contributed by atoms with Crippen LogP contribution in [0.2, 0.25) is 0 Å². The van der Waals surface area contributed by atoms with E-state index in [4.69, 9.17) is 4.74 Å². The molecule has 0 unspecified atom stereocenters. The van der Waals surface area contributed by atoms with E-state index in [9.17, 15) is 14.7 Å². The number of hydrogen-bond donors (Lipinski definition) is 1. The molecule has 1 aromatic carbocycles. The van der Waals surface area contributed by atoms with E-state index in [1.165, 1.54) is 0 Å². The van der Waals surface area contributed by atoms with Gasteiger partial charge in [-0.1, -0.05) is 11.6 Å². The number of carboxylic acid groups (broad SMARTS) is 1. The maximum absolute atomic E-state index is 13.5. The number of hydrogen-bond acceptors (Lipinski definition) is 3. The molecule has 4 rings (SSSR count). The van der Waals surface area contributed by atoms with Gasteiger partial charge in [0, 0.05) is 37.0 Å². The first kappa shape index (κ1) is 18.7. The van der Waals surface area contributed by atoms with Crippen LogP contribution in [0.5, 0.6) is 0 Å². The van der Waals surface area contributed by atoms with Crippen molar-refractivity contribution in [3.05, 3.63) is 52.8 Å². The Balaban J connectivity index is 1.73. The summed E-state index contributed by atoms with van der Waals surface area (Å²) in [5.41, 5.74) is 3.68. The highest BCUT2D eigenvalue weighted by atomic mass is 16.5. The molecule has 2 aromatic rings. The smallest absolute Gasteiger partial charge is 0.311 e. The molecule has 148 valence electrons. The van der Waals surface area contributed by atoms with Gasteiger partial charge in [-0.25, -0.2) is 0 Å². The topological polar surface area (TPSA) is 71.8 Å². The zero-order valence-electron chi connectivity index (χ0n) is 16.6. The van der Waals surface area contributed by atoms with Gasteiger partial charge in [0.2, 0.25) is 0 Å². The largest absolute Gasteiger partial charge is 0.481 e. The molecular weight excluding hydrogens is 356 g/mol. The number of rotatable bonds is 3. The van der Waals surface area contributed by atoms with Crippen LogP contribution in [0, 0.1) is 32.1 Å². The number of ether oxygens (including phenoxy) is 1. The number of fused-ring (bicyclic) bond motifs is 1. The first-order valence-electron chi connectivity index (χ1n) is 9.70. The van der Waals surface area contributed by atoms with E-state index in [-0.39, 0.29) is 18.4 Å². The number of nitrogens with zero attached hydrogens (tertiary/aromatic N) is 2. The third kappa shape index (κ3) is 2.83. The Morgan fingerprint density at radius 1 is 1.14 bits per heavy atom. The SMILES string of the molecule is Cc1ccc(-n2c(C)ccc2C)c(C(=O)N2C[C@H]3COCC[C@@]3(C(=O)O)C2)c1. The zero-order chi connectivity index (χ0) is 20.1. The fourth-order valence-electron chi connectivity index (χ4n) is 4.69. The normalized spacial score (nSPS) is 24.2. The van der Waals surface area contributed by atoms with E-state index in [1.807, 2.05) is 51.1 Å². The van der Waals surface area contributed by atoms with E-state index in [2.05, 4.69) is 4.57 Å². The Bertz CT molecular complexity index is 929. The molecule has 1 amide bonds. The summed E-state index contributed by atoms with van der Waals surface area (Å²) in [5.74, 6) is -1.09. The lowest BCUT2D eigenvalue weighted by molar-refractivity contribution is -0.157. The molecule has 6 heteroatoms. The van der Waals surface area contributed by atoms with Gasteiger partial charge in [0.05, 0.1) is 23.3 Å². The lowest BCUT2D eigenvalue weighted by Gasteiger charge is -2.33. The Morgan fingerprint density at radius 2 is 1.86 bits per heavy atom. The molecule has 28 heavy (non-hydrogen) atoms. The molecule has 1 N–H and O–H groups in total. The summed E-state index contributed by atoms with van der Waals surface area (Å²) >= 11 is 0. The molecule has 0 radical (unpaired) electrons. The van der Waals surface area contributed by atoms with Crippen LogP contribution in [-0.4, -0.2) is 52.8 Å². The molecule has 2 saturated heterocycles. The summed E-state index contributed by atoms with van der Waals surface area (Å²) in [6.45, 7) is 7.49. The number of carboxylic acids is 1. The fraction of sp³-hybridized carbons (Fsp3) is 0.455. The summed E-state index contributed by atoms with van der Waals surface area (Å²) in [5, 5.41) is 9.89. The van der Waals surface area contributed by atoms with Gasteiger partial charge in [0.25, 0.3) is 5.91 Å². The third-order valence-corrected chi connectivity index (χ3v) is 6.31. The Hall–Kier alpha value is -2.60. The van der Waals surface area contributed by atoms with Crippen LogP contribution in [0.15, 0.2) is 30.3 Å². The van der Waals surface area contributed by atoms with Crippen LogP contribution in [0.4, 0.5) is 0 Å². The number of likely N-dealkylation sites (tertiary alicyclic amines) is 1. The Kier molecular flexibility index (Phi) is 4.54. The minimum Gasteiger partial charge on any atom is -0.481 e. The number of amides is 1. The predicted molar refractivity (Wildman–Crippen MR) is 105 cm³/mol. The van der Waals surface area contributed by atoms with Crippen molar-refractivity contribution in [3.8, 4) is 5.69 Å². The summed E-state index contributed by atoms with van der Waals surface area (Å²) in [4.78, 5) is 27.3. The first-order chi connectivity index (χ1) is 13.3. The highest BCUT2D eigenvalue weighted by molar-refractivity contribution is 5.99. The predicted octanol–water partition coefficient (Wildman–Crippen LogP) is 2.97. The van der Waals surface area contributed by atoms with Gasteiger partial charge >= 0.3 is 5.97 Å². The molecule has 0 saturated carbocycles. The van der Waals surface area contributed by atoms with Crippen LogP contribution < -0.4 is 0 Å². The summed E-state index contributed by atoms with van der Waals surface area (Å²) in [6.07, 6.45) is 0.452. The summed E-state index contributed by atoms with van der Waals surface area (Å²) < 4.78 is 7.60. The minimum absolute atomic E-state index is 0.110. The Labute approximate surface area is 164 Å². The molecule has 3 heterocycles. The van der Waals surface area contributed by atoms with Crippen molar-refractivity contribution in [2.75, 3.05) is 26.3 Å². The highest BCUT2D eigenvalue weighted by Gasteiger charge is 2.55. The fourth-order valence-corrected chi connectivity index (χ4v) is 4.69. The van der Waals surface area contributed by atoms with E-state index in [0.717, 1.165) is 22.6 Å². The number of benzene rings is 1. The van der Waals surface area contributed by atoms with E-state index < -0.39 is 11.4 Å². The standard InChI is InChI=1S/C22H26N2O4/c1-14-4-7-19(24-15(2)5-6-16(24)3)18(10-14)20(25)23-11-17-12-28-9-8-22(17,13-23)21(26)27/h4-7,10,17H,8-9,11-13H2,1-3H3,(H,26,27)/t17-,22+/m0/s1. The number of aryl methyl sites for hydroxylation is 3. The summed E-state index contributed by atoms with van der Waals surface area (Å²) in [6, 6.07) is 9.95. The number of carbonyl (C=O) groups excluding carboxylic acids is 1. The Morgan fingerprint density at radius 3 is 2.50 bits per heavy atom. The van der Waals surface area contributed by atoms with Crippen molar-refractivity contribution in [1.82, 2.24) is 9.47 Å². The van der Waals surface area contributed by atoms with E-state index >= 15 is 0 Å². The van der Waals surface area contributed by atoms with Crippen molar-refractivity contribution in [1.29, 1.82) is 0 Å². The van der Waals surface area contributed by atoms with Crippen LogP contribution in [0.25, 0.3) is 5.69 Å². The third-order valence-electron chi connectivity index (χ3n) is 6.31. The van der Waals surface area contributed by atoms with Gasteiger partial charge in [-0.3, -0.25) is 9.59 Å². The van der Waals surface area contributed by atoms with Gasteiger partial charge in [-0.2, -0.15) is 0 Å². The van der Waals surface area contributed by atoms with Crippen molar-refractivity contribution in [3.63, 3.8) is 0 Å². The van der Waals surface area contributed by atoms with Gasteiger partial charge in [-0.05, 0) is 51.5 Å². The summed E-state index contributed by atoms with van der Waals surface area (Å²) in [7, 11) is 0. The van der Waals surface area contributed by atoms with Gasteiger partial charge in [-0.15, -0.1) is 0 Å². The van der Waals surface area contributed by atoms with Gasteiger partial charge in [0.1, 0.15) is 0 Å². The average molecular weight is 382 g/mol. The molecule has 0 bridgehead atoms. The van der Waals surface area contributed by atoms with Crippen LogP contribution >= 0.6 is 0 Å². The van der Waals surface area contributed by atoms with Crippen LogP contribution in [0.3, 0.4) is 0 Å². The molecule has 2 aliphatic heterocycles. The van der Waals surface area contributed by atoms with Crippen molar-refractivity contribution in [2.45, 2.75) is 27.2 Å². The lowest BCUT2D eigenvalue weighted by atomic mass is 9.74. The quantitative estimate of drug-likeness (QED) is 0.886. The number of aliphatic carboxylic acids is 1. The second-order valence-electron chi connectivity index (χ2n) is 8.14. The van der Waals surface area contributed by atoms with Gasteiger partial charge < -0.3 is 19.3 Å². The van der Waals surface area contributed by atoms with E-state index in [0.29, 0.717) is 31.7 Å². The second-order valence-corrected chi connectivity index (χ2v) is 8.14. The molecule has 0 aliphatic carbocycles. The lowest BCUT2D eigenvalue weighted by Crippen LogP contribution is -2.45. The monoisotopic (exact) mass is 382 g/mol. The molecule has 2 aliphatic rings. The maximum atomic E-state index is 13.5.